The van der Waals surface area contributed by atoms with Gasteiger partial charge in [0.05, 0.1) is 31.3 Å². The zero-order chi connectivity index (χ0) is 43.1. The summed E-state index contributed by atoms with van der Waals surface area (Å²) in [5.41, 5.74) is 13.5. The summed E-state index contributed by atoms with van der Waals surface area (Å²) in [6.45, 7) is 7.10. The van der Waals surface area contributed by atoms with Crippen LogP contribution in [0, 0.1) is 22.7 Å². The number of nitriles is 2. The molecule has 0 spiro atoms. The second-order valence-corrected chi connectivity index (χ2v) is 22.6. The molecule has 302 valence electrons. The molecule has 0 amide bonds. The summed E-state index contributed by atoms with van der Waals surface area (Å²) in [7, 11) is -1.44. The molecule has 62 heavy (non-hydrogen) atoms. The molecule has 8 rings (SSSR count). The number of rotatable bonds is 13. The summed E-state index contributed by atoms with van der Waals surface area (Å²) < 4.78 is 0. The highest BCUT2D eigenvalue weighted by atomic mass is 32.2. The SMILES string of the molecule is CSCCc1ccc(N(c2ccc(C#N)cc2)c2ccc(/C=C/c3ccc4cc(-c5ccc(N(c6ccc(C#N)cc6)c6ccc([Si](C)(C)C)cc6)cc5)ccc4c3)cc2)cc1. The van der Waals surface area contributed by atoms with Crippen LogP contribution in [0.1, 0.15) is 27.8 Å². The Morgan fingerprint density at radius 2 is 0.871 bits per heavy atom. The average molecular weight is 837 g/mol. The van der Waals surface area contributed by atoms with E-state index in [1.54, 1.807) is 0 Å². The van der Waals surface area contributed by atoms with Gasteiger partial charge in [0, 0.05) is 34.1 Å². The van der Waals surface area contributed by atoms with Crippen LogP contribution in [-0.4, -0.2) is 20.1 Å². The molecule has 0 radical (unpaired) electrons. The first kappa shape index (κ1) is 41.6. The normalized spacial score (nSPS) is 11.3. The molecular formula is C56H48N4SSi. The lowest BCUT2D eigenvalue weighted by Gasteiger charge is -2.27. The van der Waals surface area contributed by atoms with Crippen LogP contribution < -0.4 is 15.0 Å². The van der Waals surface area contributed by atoms with Gasteiger partial charge in [-0.3, -0.25) is 0 Å². The van der Waals surface area contributed by atoms with Crippen LogP contribution in [0.2, 0.25) is 19.6 Å². The monoisotopic (exact) mass is 836 g/mol. The van der Waals surface area contributed by atoms with E-state index in [1.807, 2.05) is 60.3 Å². The van der Waals surface area contributed by atoms with Crippen LogP contribution in [0.5, 0.6) is 0 Å². The Bertz CT molecular complexity index is 2900. The van der Waals surface area contributed by atoms with E-state index in [4.69, 9.17) is 0 Å². The van der Waals surface area contributed by atoms with E-state index in [-0.39, 0.29) is 0 Å². The second-order valence-electron chi connectivity index (χ2n) is 16.5. The number of benzene rings is 8. The fraction of sp³-hybridized carbons (Fsp3) is 0.107. The van der Waals surface area contributed by atoms with Crippen molar-refractivity contribution in [1.29, 1.82) is 10.5 Å². The van der Waals surface area contributed by atoms with Crippen molar-refractivity contribution < 1.29 is 0 Å². The maximum atomic E-state index is 9.43. The van der Waals surface area contributed by atoms with Crippen LogP contribution >= 0.6 is 11.8 Å². The summed E-state index contributed by atoms with van der Waals surface area (Å²) in [6, 6.07) is 68.5. The van der Waals surface area contributed by atoms with Gasteiger partial charge in [0.25, 0.3) is 0 Å². The quantitative estimate of drug-likeness (QED) is 0.0855. The summed E-state index contributed by atoms with van der Waals surface area (Å²) in [5, 5.41) is 22.6. The molecule has 0 aromatic heterocycles. The molecule has 8 aromatic carbocycles. The van der Waals surface area contributed by atoms with Gasteiger partial charge in [0.1, 0.15) is 0 Å². The van der Waals surface area contributed by atoms with Gasteiger partial charge >= 0.3 is 0 Å². The van der Waals surface area contributed by atoms with E-state index >= 15 is 0 Å². The third kappa shape index (κ3) is 9.59. The van der Waals surface area contributed by atoms with Gasteiger partial charge in [-0.25, -0.2) is 0 Å². The molecular weight excluding hydrogens is 789 g/mol. The number of anilines is 6. The predicted molar refractivity (Wildman–Crippen MR) is 269 cm³/mol. The minimum absolute atomic E-state index is 0.644. The highest BCUT2D eigenvalue weighted by Gasteiger charge is 2.19. The van der Waals surface area contributed by atoms with Gasteiger partial charge < -0.3 is 9.80 Å². The predicted octanol–water partition coefficient (Wildman–Crippen LogP) is 14.8. The minimum atomic E-state index is -1.44. The molecule has 0 aliphatic carbocycles. The first-order valence-corrected chi connectivity index (χ1v) is 25.8. The molecule has 0 saturated carbocycles. The molecule has 0 aliphatic heterocycles. The van der Waals surface area contributed by atoms with Crippen molar-refractivity contribution in [3.63, 3.8) is 0 Å². The van der Waals surface area contributed by atoms with Crippen molar-refractivity contribution in [1.82, 2.24) is 0 Å². The van der Waals surface area contributed by atoms with Crippen LogP contribution in [-0.2, 0) is 6.42 Å². The molecule has 0 atom stereocenters. The zero-order valence-corrected chi connectivity index (χ0v) is 37.4. The Kier molecular flexibility index (Phi) is 12.5. The molecule has 0 heterocycles. The topological polar surface area (TPSA) is 54.1 Å². The summed E-state index contributed by atoms with van der Waals surface area (Å²) in [6.07, 6.45) is 7.52. The maximum absolute atomic E-state index is 9.43. The largest absolute Gasteiger partial charge is 0.311 e. The van der Waals surface area contributed by atoms with Gasteiger partial charge in [-0.15, -0.1) is 0 Å². The Balaban J connectivity index is 0.996. The Hall–Kier alpha value is -7.09. The first-order valence-electron chi connectivity index (χ1n) is 20.9. The van der Waals surface area contributed by atoms with Crippen molar-refractivity contribution in [2.75, 3.05) is 21.8 Å². The fourth-order valence-electron chi connectivity index (χ4n) is 7.68. The highest BCUT2D eigenvalue weighted by Crippen LogP contribution is 2.37. The number of thioether (sulfide) groups is 1. The summed E-state index contributed by atoms with van der Waals surface area (Å²) in [4.78, 5) is 4.49. The van der Waals surface area contributed by atoms with Gasteiger partial charge in [0.15, 0.2) is 0 Å². The van der Waals surface area contributed by atoms with E-state index in [2.05, 4.69) is 193 Å². The number of hydrogen-bond acceptors (Lipinski definition) is 5. The molecule has 0 aliphatic rings. The average Bonchev–Trinajstić information content (AvgIpc) is 3.31. The van der Waals surface area contributed by atoms with Crippen molar-refractivity contribution >= 4 is 82.1 Å². The zero-order valence-electron chi connectivity index (χ0n) is 35.6. The molecule has 6 heteroatoms. The van der Waals surface area contributed by atoms with E-state index in [0.717, 1.165) is 63.0 Å². The van der Waals surface area contributed by atoms with Gasteiger partial charge in [-0.2, -0.15) is 22.3 Å². The molecule has 8 aromatic rings. The van der Waals surface area contributed by atoms with Gasteiger partial charge in [0.2, 0.25) is 0 Å². The van der Waals surface area contributed by atoms with E-state index in [0.29, 0.717) is 11.1 Å². The van der Waals surface area contributed by atoms with Crippen LogP contribution in [0.15, 0.2) is 182 Å². The summed E-state index contributed by atoms with van der Waals surface area (Å²) in [5.74, 6) is 1.10. The lowest BCUT2D eigenvalue weighted by atomic mass is 9.99. The van der Waals surface area contributed by atoms with Crippen LogP contribution in [0.25, 0.3) is 34.1 Å². The van der Waals surface area contributed by atoms with E-state index in [9.17, 15) is 10.5 Å². The standard InChI is InChI=1S/C56H48N4SSi/c1-61-36-35-42-10-23-51(24-11-42)59(52-25-12-44(39-57)13-26-52)50-21-8-41(9-22-50)5-6-43-7-16-49-38-48(18-17-47(49)37-43)46-19-29-54(30-20-46)60(53-27-14-45(40-58)15-28-53)55-31-33-56(34-32-55)62(2,3)4/h5-34,37-38H,35-36H2,1-4H3/b6-5+. The number of fused-ring (bicyclic) bond motifs is 1. The highest BCUT2D eigenvalue weighted by molar-refractivity contribution is 7.98. The molecule has 0 saturated heterocycles. The van der Waals surface area contributed by atoms with Gasteiger partial charge in [-0.05, 0) is 166 Å². The van der Waals surface area contributed by atoms with E-state index < -0.39 is 8.07 Å². The lowest BCUT2D eigenvalue weighted by Crippen LogP contribution is -2.37. The molecule has 0 unspecified atom stereocenters. The Morgan fingerprint density at radius 1 is 0.468 bits per heavy atom. The number of hydrogen-bond donors (Lipinski definition) is 0. The Morgan fingerprint density at radius 3 is 1.37 bits per heavy atom. The smallest absolute Gasteiger partial charge is 0.0991 e. The maximum Gasteiger partial charge on any atom is 0.0991 e. The number of nitrogens with zero attached hydrogens (tertiary/aromatic N) is 4. The Labute approximate surface area is 371 Å². The van der Waals surface area contributed by atoms with Crippen molar-refractivity contribution in [3.8, 4) is 23.3 Å². The minimum Gasteiger partial charge on any atom is -0.311 e. The lowest BCUT2D eigenvalue weighted by molar-refractivity contribution is 1.15. The molecule has 0 N–H and O–H groups in total. The third-order valence-corrected chi connectivity index (χ3v) is 13.9. The fourth-order valence-corrected chi connectivity index (χ4v) is 9.29. The summed E-state index contributed by atoms with van der Waals surface area (Å²) >= 11 is 1.86. The molecule has 4 nitrogen and oxygen atoms in total. The molecule has 0 bridgehead atoms. The van der Waals surface area contributed by atoms with Crippen LogP contribution in [0.3, 0.4) is 0 Å². The third-order valence-electron chi connectivity index (χ3n) is 11.2. The van der Waals surface area contributed by atoms with Crippen molar-refractivity contribution in [2.45, 2.75) is 26.1 Å². The van der Waals surface area contributed by atoms with E-state index in [1.165, 1.54) is 27.1 Å². The molecule has 0 fully saturated rings. The van der Waals surface area contributed by atoms with Crippen molar-refractivity contribution in [3.05, 3.63) is 210 Å². The number of aryl methyl sites for hydroxylation is 1. The second kappa shape index (κ2) is 18.7. The van der Waals surface area contributed by atoms with Crippen molar-refractivity contribution in [2.24, 2.45) is 0 Å². The first-order chi connectivity index (χ1) is 30.2. The van der Waals surface area contributed by atoms with Gasteiger partial charge in [-0.1, -0.05) is 110 Å². The van der Waals surface area contributed by atoms with Crippen LogP contribution in [0.4, 0.5) is 34.1 Å².